The van der Waals surface area contributed by atoms with Crippen molar-refractivity contribution >= 4 is 7.26 Å². The quantitative estimate of drug-likeness (QED) is 0.571. The first-order chi connectivity index (χ1) is 5.40. The van der Waals surface area contributed by atoms with Crippen LogP contribution in [-0.2, 0) is 0 Å². The van der Waals surface area contributed by atoms with Gasteiger partial charge in [0, 0.05) is 20.6 Å². The van der Waals surface area contributed by atoms with Crippen LogP contribution in [0.1, 0.15) is 40.5 Å². The predicted molar refractivity (Wildman–Crippen MR) is 62.8 cm³/mol. The maximum Gasteiger partial charge on any atom is 0.0636 e. The Hall–Kier alpha value is 0.430. The molecule has 0 heterocycles. The molecule has 0 rings (SSSR count). The summed E-state index contributed by atoms with van der Waals surface area (Å²) in [5, 5.41) is 0. The summed E-state index contributed by atoms with van der Waals surface area (Å²) in [6.07, 6.45) is 4.24. The third-order valence-electron chi connectivity index (χ3n) is 2.96. The smallest absolute Gasteiger partial charge is 0.0636 e. The molecule has 0 radical (unpaired) electrons. The van der Waals surface area contributed by atoms with Gasteiger partial charge in [-0.05, 0) is 26.2 Å². The van der Waals surface area contributed by atoms with Crippen LogP contribution in [0.3, 0.4) is 0 Å². The lowest BCUT2D eigenvalue weighted by molar-refractivity contribution is 0.579. The first kappa shape index (κ1) is 12.4. The molecule has 0 aliphatic heterocycles. The highest BCUT2D eigenvalue weighted by molar-refractivity contribution is 7.75. The van der Waals surface area contributed by atoms with Gasteiger partial charge in [0.25, 0.3) is 0 Å². The van der Waals surface area contributed by atoms with Crippen molar-refractivity contribution in [3.05, 3.63) is 0 Å². The van der Waals surface area contributed by atoms with Gasteiger partial charge in [-0.1, -0.05) is 20.3 Å². The van der Waals surface area contributed by atoms with E-state index in [1.807, 2.05) is 0 Å². The van der Waals surface area contributed by atoms with Crippen molar-refractivity contribution in [3.63, 3.8) is 0 Å². The van der Waals surface area contributed by atoms with Crippen LogP contribution in [0.4, 0.5) is 0 Å². The molecule has 0 aromatic carbocycles. The second-order valence-electron chi connectivity index (χ2n) is 4.95. The van der Waals surface area contributed by atoms with Crippen molar-refractivity contribution in [1.29, 1.82) is 0 Å². The lowest BCUT2D eigenvalue weighted by atomic mass is 10.1. The van der Waals surface area contributed by atoms with Crippen LogP contribution in [0.5, 0.6) is 0 Å². The first-order valence-corrected chi connectivity index (χ1v) is 8.16. The Balaban J connectivity index is 3.88. The molecule has 0 bridgehead atoms. The molecule has 0 aliphatic rings. The minimum absolute atomic E-state index is 0.600. The standard InChI is InChI=1S/C11H26P/c1-7-8-11(4)9-12(5,6)10(2)3/h10-11H,7-9H2,1-6H3/q+1. The minimum atomic E-state index is -0.600. The average Bonchev–Trinajstić information content (AvgIpc) is 1.85. The van der Waals surface area contributed by atoms with Crippen molar-refractivity contribution < 1.29 is 0 Å². The summed E-state index contributed by atoms with van der Waals surface area (Å²) in [5.74, 6) is 0.945. The summed E-state index contributed by atoms with van der Waals surface area (Å²) in [6, 6.07) is 0. The van der Waals surface area contributed by atoms with E-state index in [-0.39, 0.29) is 0 Å². The van der Waals surface area contributed by atoms with Gasteiger partial charge in [-0.2, -0.15) is 0 Å². The summed E-state index contributed by atoms with van der Waals surface area (Å²) >= 11 is 0. The van der Waals surface area contributed by atoms with Gasteiger partial charge in [0.1, 0.15) is 0 Å². The molecule has 1 atom stereocenters. The molecule has 0 aliphatic carbocycles. The van der Waals surface area contributed by atoms with Gasteiger partial charge in [0.15, 0.2) is 0 Å². The van der Waals surface area contributed by atoms with Crippen molar-refractivity contribution in [3.8, 4) is 0 Å². The van der Waals surface area contributed by atoms with Gasteiger partial charge < -0.3 is 0 Å². The SMILES string of the molecule is CCCC(C)C[P+](C)(C)C(C)C. The highest BCUT2D eigenvalue weighted by Crippen LogP contribution is 2.57. The first-order valence-electron chi connectivity index (χ1n) is 5.22. The summed E-state index contributed by atoms with van der Waals surface area (Å²) in [5.41, 5.74) is 0.914. The van der Waals surface area contributed by atoms with Gasteiger partial charge >= 0.3 is 0 Å². The molecule has 0 aromatic rings. The Labute approximate surface area is 79.5 Å². The molecular formula is C11H26P+. The number of hydrogen-bond acceptors (Lipinski definition) is 0. The number of rotatable bonds is 5. The van der Waals surface area contributed by atoms with Crippen LogP contribution >= 0.6 is 7.26 Å². The zero-order valence-corrected chi connectivity index (χ0v) is 10.6. The Morgan fingerprint density at radius 2 is 1.58 bits per heavy atom. The molecule has 0 nitrogen and oxygen atoms in total. The van der Waals surface area contributed by atoms with Crippen LogP contribution in [0.15, 0.2) is 0 Å². The molecular weight excluding hydrogens is 163 g/mol. The third-order valence-corrected chi connectivity index (χ3v) is 7.32. The third kappa shape index (κ3) is 4.45. The molecule has 0 amide bonds. The van der Waals surface area contributed by atoms with Crippen molar-refractivity contribution in [1.82, 2.24) is 0 Å². The second kappa shape index (κ2) is 5.22. The summed E-state index contributed by atoms with van der Waals surface area (Å²) in [6.45, 7) is 14.5. The normalized spacial score (nSPS) is 15.2. The van der Waals surface area contributed by atoms with Gasteiger partial charge in [-0.3, -0.25) is 0 Å². The van der Waals surface area contributed by atoms with Crippen molar-refractivity contribution in [2.75, 3.05) is 19.5 Å². The van der Waals surface area contributed by atoms with Gasteiger partial charge in [-0.25, -0.2) is 0 Å². The van der Waals surface area contributed by atoms with E-state index in [2.05, 4.69) is 41.0 Å². The highest BCUT2D eigenvalue weighted by Gasteiger charge is 2.30. The number of hydrogen-bond donors (Lipinski definition) is 0. The molecule has 1 heteroatoms. The van der Waals surface area contributed by atoms with Gasteiger partial charge in [-0.15, -0.1) is 0 Å². The van der Waals surface area contributed by atoms with E-state index in [9.17, 15) is 0 Å². The zero-order valence-electron chi connectivity index (χ0n) is 9.72. The molecule has 0 saturated carbocycles. The molecule has 74 valence electrons. The zero-order chi connectivity index (χ0) is 9.78. The van der Waals surface area contributed by atoms with Crippen LogP contribution in [0.25, 0.3) is 0 Å². The van der Waals surface area contributed by atoms with E-state index in [1.54, 1.807) is 0 Å². The van der Waals surface area contributed by atoms with Crippen LogP contribution in [-0.4, -0.2) is 25.2 Å². The van der Waals surface area contributed by atoms with Gasteiger partial charge in [0.05, 0.1) is 11.8 Å². The monoisotopic (exact) mass is 189 g/mol. The molecule has 0 aromatic heterocycles. The lowest BCUT2D eigenvalue weighted by Gasteiger charge is -2.25. The predicted octanol–water partition coefficient (Wildman–Crippen LogP) is 4.11. The molecule has 0 saturated heterocycles. The molecule has 0 fully saturated rings. The summed E-state index contributed by atoms with van der Waals surface area (Å²) in [4.78, 5) is 0. The average molecular weight is 189 g/mol. The summed E-state index contributed by atoms with van der Waals surface area (Å²) < 4.78 is 0. The molecule has 0 N–H and O–H groups in total. The Bertz CT molecular complexity index is 116. The topological polar surface area (TPSA) is 0 Å². The highest BCUT2D eigenvalue weighted by atomic mass is 31.2. The second-order valence-corrected chi connectivity index (χ2v) is 9.90. The van der Waals surface area contributed by atoms with Crippen LogP contribution in [0.2, 0.25) is 0 Å². The maximum atomic E-state index is 2.50. The fourth-order valence-corrected chi connectivity index (χ4v) is 3.81. The van der Waals surface area contributed by atoms with E-state index in [1.165, 1.54) is 19.0 Å². The molecule has 1 unspecified atom stereocenters. The Morgan fingerprint density at radius 3 is 1.92 bits per heavy atom. The summed E-state index contributed by atoms with van der Waals surface area (Å²) in [7, 11) is -0.600. The van der Waals surface area contributed by atoms with E-state index in [0.29, 0.717) is 0 Å². The maximum absolute atomic E-state index is 2.50. The van der Waals surface area contributed by atoms with Crippen molar-refractivity contribution in [2.45, 2.75) is 46.2 Å². The fraction of sp³-hybridized carbons (Fsp3) is 1.00. The Kier molecular flexibility index (Phi) is 5.41. The van der Waals surface area contributed by atoms with Crippen LogP contribution < -0.4 is 0 Å². The molecule has 12 heavy (non-hydrogen) atoms. The largest absolute Gasteiger partial charge is 0.0654 e. The minimum Gasteiger partial charge on any atom is -0.0654 e. The van der Waals surface area contributed by atoms with E-state index >= 15 is 0 Å². The van der Waals surface area contributed by atoms with E-state index in [4.69, 9.17) is 0 Å². The lowest BCUT2D eigenvalue weighted by Crippen LogP contribution is -2.12. The molecule has 0 spiro atoms. The van der Waals surface area contributed by atoms with E-state index < -0.39 is 7.26 Å². The Morgan fingerprint density at radius 1 is 1.08 bits per heavy atom. The van der Waals surface area contributed by atoms with Crippen molar-refractivity contribution in [2.24, 2.45) is 5.92 Å². The van der Waals surface area contributed by atoms with Gasteiger partial charge in [0.2, 0.25) is 0 Å². The van der Waals surface area contributed by atoms with E-state index in [0.717, 1.165) is 11.6 Å². The fourth-order valence-electron chi connectivity index (χ4n) is 1.60. The van der Waals surface area contributed by atoms with Crippen LogP contribution in [0, 0.1) is 5.92 Å².